The van der Waals surface area contributed by atoms with Gasteiger partial charge in [0.15, 0.2) is 11.0 Å². The second kappa shape index (κ2) is 9.75. The number of hydrogen-bond donors (Lipinski definition) is 1. The number of aromatic nitrogens is 3. The fourth-order valence-electron chi connectivity index (χ4n) is 2.56. The van der Waals surface area contributed by atoms with E-state index in [1.54, 1.807) is 0 Å². The van der Waals surface area contributed by atoms with Gasteiger partial charge in [0.25, 0.3) is 0 Å². The van der Waals surface area contributed by atoms with Gasteiger partial charge in [-0.15, -0.1) is 10.2 Å². The van der Waals surface area contributed by atoms with Gasteiger partial charge in [0, 0.05) is 16.7 Å². The Kier molecular flexibility index (Phi) is 7.11. The standard InChI is InChI=1S/C20H21BrN4O2S/c1-3-25-18(12-27-16-7-5-4-6-8-16)23-24-20(25)28-13-19(26)22-15-9-10-17(21)14(2)11-15/h4-11H,3,12-13H2,1-2H3,(H,22,26). The highest BCUT2D eigenvalue weighted by atomic mass is 79.9. The fraction of sp³-hybridized carbons (Fsp3) is 0.250. The SMILES string of the molecule is CCn1c(COc2ccccc2)nnc1SCC(=O)Nc1ccc(Br)c(C)c1. The fourth-order valence-corrected chi connectivity index (χ4v) is 3.63. The first-order valence-electron chi connectivity index (χ1n) is 8.85. The first-order chi connectivity index (χ1) is 13.6. The molecule has 3 rings (SSSR count). The minimum Gasteiger partial charge on any atom is -0.486 e. The van der Waals surface area contributed by atoms with E-state index in [1.165, 1.54) is 11.8 Å². The monoisotopic (exact) mass is 460 g/mol. The van der Waals surface area contributed by atoms with Gasteiger partial charge < -0.3 is 14.6 Å². The van der Waals surface area contributed by atoms with Gasteiger partial charge in [-0.05, 0) is 49.7 Å². The molecule has 6 nitrogen and oxygen atoms in total. The van der Waals surface area contributed by atoms with Crippen LogP contribution in [0.25, 0.3) is 0 Å². The number of nitrogens with zero attached hydrogens (tertiary/aromatic N) is 3. The van der Waals surface area contributed by atoms with Gasteiger partial charge in [-0.2, -0.15) is 0 Å². The summed E-state index contributed by atoms with van der Waals surface area (Å²) in [6.45, 7) is 5.04. The van der Waals surface area contributed by atoms with E-state index in [2.05, 4.69) is 31.4 Å². The van der Waals surface area contributed by atoms with Gasteiger partial charge >= 0.3 is 0 Å². The Morgan fingerprint density at radius 1 is 1.21 bits per heavy atom. The van der Waals surface area contributed by atoms with Crippen LogP contribution in [0.1, 0.15) is 18.3 Å². The number of aryl methyl sites for hydroxylation is 1. The van der Waals surface area contributed by atoms with E-state index in [1.807, 2.05) is 66.9 Å². The molecule has 8 heteroatoms. The van der Waals surface area contributed by atoms with Crippen molar-refractivity contribution in [2.75, 3.05) is 11.1 Å². The number of nitrogens with one attached hydrogen (secondary N) is 1. The molecule has 0 aliphatic rings. The molecule has 0 aliphatic heterocycles. The Morgan fingerprint density at radius 2 is 2.00 bits per heavy atom. The lowest BCUT2D eigenvalue weighted by atomic mass is 10.2. The zero-order valence-corrected chi connectivity index (χ0v) is 18.1. The molecule has 0 saturated carbocycles. The highest BCUT2D eigenvalue weighted by Crippen LogP contribution is 2.22. The summed E-state index contributed by atoms with van der Waals surface area (Å²) in [7, 11) is 0. The molecule has 0 unspecified atom stereocenters. The maximum atomic E-state index is 12.3. The van der Waals surface area contributed by atoms with Crippen LogP contribution in [-0.4, -0.2) is 26.4 Å². The van der Waals surface area contributed by atoms with Gasteiger partial charge in [0.2, 0.25) is 5.91 Å². The summed E-state index contributed by atoms with van der Waals surface area (Å²) in [5.41, 5.74) is 1.85. The van der Waals surface area contributed by atoms with Gasteiger partial charge in [0.05, 0.1) is 5.75 Å². The normalized spacial score (nSPS) is 10.7. The van der Waals surface area contributed by atoms with Crippen LogP contribution in [0.5, 0.6) is 5.75 Å². The van der Waals surface area contributed by atoms with E-state index in [4.69, 9.17) is 4.74 Å². The van der Waals surface area contributed by atoms with Crippen LogP contribution < -0.4 is 10.1 Å². The van der Waals surface area contributed by atoms with E-state index >= 15 is 0 Å². The quantitative estimate of drug-likeness (QED) is 0.494. The number of para-hydroxylation sites is 1. The molecule has 0 bridgehead atoms. The van der Waals surface area contributed by atoms with E-state index in [0.717, 1.165) is 27.3 Å². The van der Waals surface area contributed by atoms with Crippen LogP contribution in [0.2, 0.25) is 0 Å². The van der Waals surface area contributed by atoms with Crippen molar-refractivity contribution < 1.29 is 9.53 Å². The van der Waals surface area contributed by atoms with Gasteiger partial charge in [-0.1, -0.05) is 45.9 Å². The molecule has 1 aromatic heterocycles. The van der Waals surface area contributed by atoms with Crippen LogP contribution in [0.3, 0.4) is 0 Å². The molecule has 1 amide bonds. The molecule has 0 spiro atoms. The smallest absolute Gasteiger partial charge is 0.234 e. The summed E-state index contributed by atoms with van der Waals surface area (Å²) < 4.78 is 8.74. The summed E-state index contributed by atoms with van der Waals surface area (Å²) in [6.07, 6.45) is 0. The lowest BCUT2D eigenvalue weighted by Gasteiger charge is -2.09. The Balaban J connectivity index is 1.57. The molecule has 0 aliphatic carbocycles. The molecule has 1 heterocycles. The van der Waals surface area contributed by atoms with Crippen LogP contribution in [0.4, 0.5) is 5.69 Å². The molecule has 0 radical (unpaired) electrons. The predicted octanol–water partition coefficient (Wildman–Crippen LogP) is 4.68. The Hall–Kier alpha value is -2.32. The van der Waals surface area contributed by atoms with Gasteiger partial charge in [-0.3, -0.25) is 4.79 Å². The van der Waals surface area contributed by atoms with Crippen molar-refractivity contribution in [1.82, 2.24) is 14.8 Å². The Labute approximate surface area is 176 Å². The number of halogens is 1. The third-order valence-corrected chi connectivity index (χ3v) is 5.85. The molecular formula is C20H21BrN4O2S. The topological polar surface area (TPSA) is 69.0 Å². The van der Waals surface area contributed by atoms with Gasteiger partial charge in [0.1, 0.15) is 12.4 Å². The number of carbonyl (C=O) groups is 1. The lowest BCUT2D eigenvalue weighted by Crippen LogP contribution is -2.15. The predicted molar refractivity (Wildman–Crippen MR) is 115 cm³/mol. The maximum Gasteiger partial charge on any atom is 0.234 e. The zero-order valence-electron chi connectivity index (χ0n) is 15.7. The van der Waals surface area contributed by atoms with Crippen molar-refractivity contribution in [1.29, 1.82) is 0 Å². The van der Waals surface area contributed by atoms with Crippen LogP contribution in [-0.2, 0) is 17.9 Å². The van der Waals surface area contributed by atoms with Crippen molar-refractivity contribution in [2.45, 2.75) is 32.2 Å². The number of anilines is 1. The summed E-state index contributed by atoms with van der Waals surface area (Å²) in [6, 6.07) is 15.3. The third kappa shape index (κ3) is 5.36. The average Bonchev–Trinajstić information content (AvgIpc) is 3.10. The van der Waals surface area contributed by atoms with E-state index in [0.29, 0.717) is 18.3 Å². The highest BCUT2D eigenvalue weighted by Gasteiger charge is 2.14. The maximum absolute atomic E-state index is 12.3. The molecule has 0 fully saturated rings. The molecule has 1 N–H and O–H groups in total. The number of thioether (sulfide) groups is 1. The molecule has 0 atom stereocenters. The number of benzene rings is 2. The second-order valence-electron chi connectivity index (χ2n) is 6.05. The van der Waals surface area contributed by atoms with Crippen molar-refractivity contribution in [3.63, 3.8) is 0 Å². The summed E-state index contributed by atoms with van der Waals surface area (Å²) in [5, 5.41) is 12.0. The number of ether oxygens (including phenoxy) is 1. The summed E-state index contributed by atoms with van der Waals surface area (Å²) in [5.74, 6) is 1.69. The van der Waals surface area contributed by atoms with Crippen LogP contribution in [0, 0.1) is 6.92 Å². The molecule has 2 aromatic carbocycles. The van der Waals surface area contributed by atoms with Crippen molar-refractivity contribution in [2.24, 2.45) is 0 Å². The number of carbonyl (C=O) groups excluding carboxylic acids is 1. The highest BCUT2D eigenvalue weighted by molar-refractivity contribution is 9.10. The molecule has 28 heavy (non-hydrogen) atoms. The number of amides is 1. The first kappa shape index (κ1) is 20.4. The minimum absolute atomic E-state index is 0.0838. The van der Waals surface area contributed by atoms with E-state index < -0.39 is 0 Å². The van der Waals surface area contributed by atoms with Crippen LogP contribution >= 0.6 is 27.7 Å². The third-order valence-electron chi connectivity index (χ3n) is 3.99. The number of hydrogen-bond acceptors (Lipinski definition) is 5. The lowest BCUT2D eigenvalue weighted by molar-refractivity contribution is -0.113. The first-order valence-corrected chi connectivity index (χ1v) is 10.6. The van der Waals surface area contributed by atoms with Crippen molar-refractivity contribution in [3.05, 3.63) is 64.4 Å². The molecular weight excluding hydrogens is 440 g/mol. The summed E-state index contributed by atoms with van der Waals surface area (Å²) >= 11 is 4.82. The second-order valence-corrected chi connectivity index (χ2v) is 7.84. The largest absolute Gasteiger partial charge is 0.486 e. The summed E-state index contributed by atoms with van der Waals surface area (Å²) in [4.78, 5) is 12.3. The van der Waals surface area contributed by atoms with Crippen LogP contribution in [0.15, 0.2) is 58.2 Å². The molecule has 0 saturated heterocycles. The molecule has 146 valence electrons. The average molecular weight is 461 g/mol. The van der Waals surface area contributed by atoms with Gasteiger partial charge in [-0.25, -0.2) is 0 Å². The Bertz CT molecular complexity index is 947. The Morgan fingerprint density at radius 3 is 2.71 bits per heavy atom. The van der Waals surface area contributed by atoms with E-state index in [9.17, 15) is 4.79 Å². The van der Waals surface area contributed by atoms with Crippen molar-refractivity contribution >= 4 is 39.3 Å². The minimum atomic E-state index is -0.0838. The van der Waals surface area contributed by atoms with Crippen molar-refractivity contribution in [3.8, 4) is 5.75 Å². The zero-order chi connectivity index (χ0) is 19.9. The number of rotatable bonds is 8. The molecule has 3 aromatic rings. The van der Waals surface area contributed by atoms with E-state index in [-0.39, 0.29) is 11.7 Å².